The number of carbonyl (C=O) groups excluding carboxylic acids is 3. The molecule has 286 valence electrons. The van der Waals surface area contributed by atoms with Gasteiger partial charge in [-0.3, -0.25) is 43.8 Å². The van der Waals surface area contributed by atoms with Crippen LogP contribution in [0.1, 0.15) is 71.4 Å². The number of hydrogen-bond acceptors (Lipinski definition) is 7. The Kier molecular flexibility index (Phi) is 9.56. The van der Waals surface area contributed by atoms with E-state index in [0.29, 0.717) is 22.4 Å². The highest BCUT2D eigenvalue weighted by atomic mass is 19.1. The van der Waals surface area contributed by atoms with Crippen LogP contribution in [0.25, 0.3) is 55.3 Å². The van der Waals surface area contributed by atoms with E-state index in [-0.39, 0.29) is 48.5 Å². The summed E-state index contributed by atoms with van der Waals surface area (Å²) in [5, 5.41) is 7.16. The Bertz CT molecular complexity index is 2840. The molecule has 1 fully saturated rings. The minimum Gasteiger partial charge on any atom is -0.347 e. The lowest BCUT2D eigenvalue weighted by molar-refractivity contribution is -0.134. The molecule has 3 amide bonds. The fraction of sp³-hybridized carbons (Fsp3) is 0.222. The van der Waals surface area contributed by atoms with Crippen molar-refractivity contribution in [2.75, 3.05) is 0 Å². The fourth-order valence-electron chi connectivity index (χ4n) is 7.76. The molecule has 1 atom stereocenters. The Morgan fingerprint density at radius 3 is 2.42 bits per heavy atom. The molecule has 1 aliphatic rings. The van der Waals surface area contributed by atoms with Crippen molar-refractivity contribution in [3.63, 3.8) is 0 Å². The normalized spacial score (nSPS) is 14.4. The lowest BCUT2D eigenvalue weighted by Gasteiger charge is -2.21. The first-order valence-corrected chi connectivity index (χ1v) is 18.8. The van der Waals surface area contributed by atoms with Gasteiger partial charge in [-0.2, -0.15) is 0 Å². The van der Waals surface area contributed by atoms with E-state index in [4.69, 9.17) is 4.98 Å². The van der Waals surface area contributed by atoms with Gasteiger partial charge >= 0.3 is 5.69 Å². The predicted octanol–water partition coefficient (Wildman–Crippen LogP) is 7.24. The largest absolute Gasteiger partial charge is 0.347 e. The van der Waals surface area contributed by atoms with E-state index in [0.717, 1.165) is 55.3 Å². The molecular weight excluding hydrogens is 722 g/mol. The number of hydrogen-bond donors (Lipinski definition) is 2. The lowest BCUT2D eigenvalue weighted by Crippen LogP contribution is -2.40. The Labute approximate surface area is 327 Å². The number of halogens is 1. The third-order valence-electron chi connectivity index (χ3n) is 10.9. The number of nitrogens with zero attached hydrogens (tertiary/aromatic N) is 5. The van der Waals surface area contributed by atoms with E-state index in [1.54, 1.807) is 52.7 Å². The van der Waals surface area contributed by atoms with Crippen LogP contribution in [0.5, 0.6) is 0 Å². The summed E-state index contributed by atoms with van der Waals surface area (Å²) >= 11 is 0. The zero-order valence-electron chi connectivity index (χ0n) is 32.2. The van der Waals surface area contributed by atoms with E-state index >= 15 is 4.39 Å². The van der Waals surface area contributed by atoms with Crippen molar-refractivity contribution in [1.29, 1.82) is 0 Å². The fourth-order valence-corrected chi connectivity index (χ4v) is 7.76. The maximum absolute atomic E-state index is 15.6. The van der Waals surface area contributed by atoms with Crippen LogP contribution in [0.15, 0.2) is 96.2 Å². The van der Waals surface area contributed by atoms with Gasteiger partial charge in [-0.1, -0.05) is 56.3 Å². The molecule has 11 nitrogen and oxygen atoms in total. The van der Waals surface area contributed by atoms with Crippen molar-refractivity contribution in [2.45, 2.75) is 52.0 Å². The van der Waals surface area contributed by atoms with Gasteiger partial charge in [0, 0.05) is 62.2 Å². The topological polar surface area (TPSA) is 141 Å². The molecule has 1 unspecified atom stereocenters. The Morgan fingerprint density at radius 1 is 0.895 bits per heavy atom. The summed E-state index contributed by atoms with van der Waals surface area (Å²) in [5.41, 5.74) is 9.10. The highest BCUT2D eigenvalue weighted by molar-refractivity contribution is 6.01. The zero-order valence-corrected chi connectivity index (χ0v) is 32.2. The summed E-state index contributed by atoms with van der Waals surface area (Å²) < 4.78 is 19.0. The first kappa shape index (κ1) is 37.1. The molecule has 1 saturated heterocycles. The summed E-state index contributed by atoms with van der Waals surface area (Å²) in [4.78, 5) is 63.5. The van der Waals surface area contributed by atoms with Gasteiger partial charge in [-0.15, -0.1) is 0 Å². The zero-order chi connectivity index (χ0) is 40.1. The van der Waals surface area contributed by atoms with Crippen LogP contribution >= 0.6 is 0 Å². The van der Waals surface area contributed by atoms with Crippen molar-refractivity contribution in [1.82, 2.24) is 34.7 Å². The van der Waals surface area contributed by atoms with Crippen LogP contribution in [-0.2, 0) is 30.2 Å². The summed E-state index contributed by atoms with van der Waals surface area (Å²) in [6.07, 6.45) is 5.31. The van der Waals surface area contributed by atoms with E-state index in [1.807, 2.05) is 44.4 Å². The van der Waals surface area contributed by atoms with Crippen LogP contribution in [0.4, 0.5) is 4.39 Å². The second-order valence-corrected chi connectivity index (χ2v) is 14.9. The first-order valence-electron chi connectivity index (χ1n) is 18.8. The average Bonchev–Trinajstić information content (AvgIpc) is 3.42. The molecule has 12 heteroatoms. The van der Waals surface area contributed by atoms with Crippen molar-refractivity contribution in [3.8, 4) is 33.5 Å². The standard InChI is InChI=1S/C45H40FN7O4/c1-24(2)34-18-29(20-37-42(34)53(5)45(57)52(37)4)31-8-6-7-28-19-36(48-23-35(28)31)30-17-25(3)40(49-22-30)44(56)50-21-26-9-11-27(12-10-26)32-15-16-47-41(39(32)46)33-13-14-38(54)51-43(33)55/h6-12,15-20,22-24,33H,13-14,21H2,1-5H3,(H,50,56)(H,51,54,55). The molecule has 57 heavy (non-hydrogen) atoms. The van der Waals surface area contributed by atoms with Gasteiger partial charge in [-0.25, -0.2) is 9.18 Å². The van der Waals surface area contributed by atoms with E-state index in [2.05, 4.69) is 52.6 Å². The van der Waals surface area contributed by atoms with Gasteiger partial charge in [-0.05, 0) is 88.4 Å². The molecule has 0 aliphatic carbocycles. The number of benzene rings is 3. The second kappa shape index (κ2) is 14.7. The molecule has 3 aromatic carbocycles. The first-order chi connectivity index (χ1) is 27.4. The van der Waals surface area contributed by atoms with Crippen LogP contribution < -0.4 is 16.3 Å². The number of piperidine rings is 1. The molecule has 5 heterocycles. The highest BCUT2D eigenvalue weighted by Crippen LogP contribution is 2.36. The van der Waals surface area contributed by atoms with Crippen LogP contribution in [0.2, 0.25) is 0 Å². The van der Waals surface area contributed by atoms with Crippen LogP contribution in [0.3, 0.4) is 0 Å². The van der Waals surface area contributed by atoms with Crippen molar-refractivity contribution >= 4 is 39.5 Å². The minimum absolute atomic E-state index is 0.0150. The number of imide groups is 1. The molecule has 2 N–H and O–H groups in total. The molecule has 0 bridgehead atoms. The lowest BCUT2D eigenvalue weighted by atomic mass is 9.92. The number of amides is 3. The van der Waals surface area contributed by atoms with E-state index in [1.165, 1.54) is 6.20 Å². The molecule has 7 aromatic rings. The Morgan fingerprint density at radius 2 is 1.68 bits per heavy atom. The van der Waals surface area contributed by atoms with Gasteiger partial charge in [0.25, 0.3) is 5.91 Å². The smallest absolute Gasteiger partial charge is 0.328 e. The number of aromatic nitrogens is 5. The molecule has 1 aliphatic heterocycles. The Balaban J connectivity index is 0.979. The number of aryl methyl sites for hydroxylation is 3. The van der Waals surface area contributed by atoms with Crippen molar-refractivity contribution in [3.05, 3.63) is 136 Å². The monoisotopic (exact) mass is 761 g/mol. The second-order valence-electron chi connectivity index (χ2n) is 14.9. The number of carbonyl (C=O) groups is 3. The molecule has 8 rings (SSSR count). The average molecular weight is 762 g/mol. The van der Waals surface area contributed by atoms with Gasteiger partial charge in [0.1, 0.15) is 5.69 Å². The van der Waals surface area contributed by atoms with E-state index < -0.39 is 17.6 Å². The number of pyridine rings is 3. The minimum atomic E-state index is -0.833. The molecule has 0 radical (unpaired) electrons. The van der Waals surface area contributed by atoms with Gasteiger partial charge in [0.15, 0.2) is 5.82 Å². The van der Waals surface area contributed by atoms with Crippen LogP contribution in [-0.4, -0.2) is 41.8 Å². The summed E-state index contributed by atoms with van der Waals surface area (Å²) in [5.74, 6) is -2.47. The molecule has 0 spiro atoms. The van der Waals surface area contributed by atoms with Crippen molar-refractivity contribution in [2.24, 2.45) is 14.1 Å². The quantitative estimate of drug-likeness (QED) is 0.156. The summed E-state index contributed by atoms with van der Waals surface area (Å²) in [6.45, 7) is 6.33. The third kappa shape index (κ3) is 6.77. The molecule has 0 saturated carbocycles. The van der Waals surface area contributed by atoms with E-state index in [9.17, 15) is 19.2 Å². The SMILES string of the molecule is Cc1cc(-c2cc3cccc(-c4cc(C(C)C)c5c(c4)n(C)c(=O)n5C)c3cn2)cnc1C(=O)NCc1ccc(-c2ccnc(C3CCC(=O)NC3=O)c2F)cc1. The number of fused-ring (bicyclic) bond motifs is 2. The third-order valence-corrected chi connectivity index (χ3v) is 10.9. The maximum Gasteiger partial charge on any atom is 0.328 e. The number of nitrogens with one attached hydrogen (secondary N) is 2. The van der Waals surface area contributed by atoms with Gasteiger partial charge in [0.05, 0.1) is 28.3 Å². The van der Waals surface area contributed by atoms with Gasteiger partial charge < -0.3 is 5.32 Å². The summed E-state index contributed by atoms with van der Waals surface area (Å²) in [6, 6.07) is 23.0. The van der Waals surface area contributed by atoms with Crippen LogP contribution in [0, 0.1) is 12.7 Å². The predicted molar refractivity (Wildman–Crippen MR) is 217 cm³/mol. The number of imidazole rings is 1. The Hall–Kier alpha value is -6.82. The molecule has 4 aromatic heterocycles. The van der Waals surface area contributed by atoms with Crippen molar-refractivity contribution < 1.29 is 18.8 Å². The molecular formula is C45H40FN7O4. The number of rotatable bonds is 8. The summed E-state index contributed by atoms with van der Waals surface area (Å²) in [7, 11) is 3.62. The highest BCUT2D eigenvalue weighted by Gasteiger charge is 2.32. The maximum atomic E-state index is 15.6. The van der Waals surface area contributed by atoms with Gasteiger partial charge in [0.2, 0.25) is 11.8 Å².